The van der Waals surface area contributed by atoms with E-state index in [1.807, 2.05) is 36.3 Å². The van der Waals surface area contributed by atoms with Crippen molar-refractivity contribution in [2.45, 2.75) is 38.0 Å². The Balaban J connectivity index is 1.92. The van der Waals surface area contributed by atoms with Crippen LogP contribution in [0.1, 0.15) is 37.4 Å². The molecule has 2 rings (SSSR count). The Hall–Kier alpha value is -1.33. The quantitative estimate of drug-likeness (QED) is 0.315. The molecule has 2 aromatic rings. The molecule has 0 unspecified atom stereocenters. The van der Waals surface area contributed by atoms with Gasteiger partial charge in [-0.15, -0.1) is 23.1 Å². The third kappa shape index (κ3) is 5.52. The molecule has 5 heteroatoms. The summed E-state index contributed by atoms with van der Waals surface area (Å²) in [7, 11) is 0. The van der Waals surface area contributed by atoms with E-state index in [9.17, 15) is 0 Å². The molecule has 21 heavy (non-hydrogen) atoms. The number of aromatic nitrogens is 1. The highest BCUT2D eigenvalue weighted by molar-refractivity contribution is 7.99. The van der Waals surface area contributed by atoms with Gasteiger partial charge in [-0.1, -0.05) is 38.0 Å². The third-order valence-electron chi connectivity index (χ3n) is 2.91. The molecule has 0 aliphatic heterocycles. The topological polar surface area (TPSA) is 37.3 Å². The van der Waals surface area contributed by atoms with E-state index >= 15 is 0 Å². The van der Waals surface area contributed by atoms with Gasteiger partial charge in [0.1, 0.15) is 0 Å². The number of hydrogen-bond acceptors (Lipinski definition) is 5. The number of rotatable bonds is 8. The number of benzene rings is 1. The van der Waals surface area contributed by atoms with Gasteiger partial charge in [-0.2, -0.15) is 5.10 Å². The molecule has 0 aliphatic rings. The van der Waals surface area contributed by atoms with Crippen LogP contribution in [0.3, 0.4) is 0 Å². The van der Waals surface area contributed by atoms with Crippen LogP contribution >= 0.6 is 23.1 Å². The maximum atomic E-state index is 4.32. The second kappa shape index (κ2) is 8.85. The normalized spacial score (nSPS) is 11.1. The summed E-state index contributed by atoms with van der Waals surface area (Å²) in [5.41, 5.74) is 5.16. The van der Waals surface area contributed by atoms with Crippen LogP contribution in [0.15, 0.2) is 39.6 Å². The SMILES string of the molecule is CCCCCSc1ccccc1C=NNc1nc(C)cs1. The molecule has 1 N–H and O–H groups in total. The fraction of sp³-hybridized carbons (Fsp3) is 0.375. The summed E-state index contributed by atoms with van der Waals surface area (Å²) < 4.78 is 0. The molecule has 0 atom stereocenters. The van der Waals surface area contributed by atoms with Crippen LogP contribution in [0.4, 0.5) is 5.13 Å². The van der Waals surface area contributed by atoms with Gasteiger partial charge < -0.3 is 0 Å². The van der Waals surface area contributed by atoms with Crippen LogP contribution < -0.4 is 5.43 Å². The van der Waals surface area contributed by atoms with Crippen molar-refractivity contribution >= 4 is 34.4 Å². The molecule has 1 heterocycles. The number of nitrogens with zero attached hydrogens (tertiary/aromatic N) is 2. The van der Waals surface area contributed by atoms with E-state index in [0.29, 0.717) is 0 Å². The van der Waals surface area contributed by atoms with Crippen molar-refractivity contribution in [1.29, 1.82) is 0 Å². The zero-order valence-electron chi connectivity index (χ0n) is 12.5. The Labute approximate surface area is 134 Å². The number of thiazole rings is 1. The number of aryl methyl sites for hydroxylation is 1. The lowest BCUT2D eigenvalue weighted by Crippen LogP contribution is -1.92. The van der Waals surface area contributed by atoms with Crippen molar-refractivity contribution in [2.75, 3.05) is 11.2 Å². The van der Waals surface area contributed by atoms with Gasteiger partial charge in [0, 0.05) is 15.8 Å². The van der Waals surface area contributed by atoms with Crippen LogP contribution in [0, 0.1) is 6.92 Å². The summed E-state index contributed by atoms with van der Waals surface area (Å²) in [6.45, 7) is 4.21. The van der Waals surface area contributed by atoms with Crippen LogP contribution in [-0.4, -0.2) is 17.0 Å². The lowest BCUT2D eigenvalue weighted by atomic mass is 10.2. The van der Waals surface area contributed by atoms with Gasteiger partial charge in [-0.25, -0.2) is 4.98 Å². The first-order valence-corrected chi connectivity index (χ1v) is 9.09. The van der Waals surface area contributed by atoms with E-state index in [-0.39, 0.29) is 0 Å². The number of thioether (sulfide) groups is 1. The van der Waals surface area contributed by atoms with E-state index in [4.69, 9.17) is 0 Å². The molecule has 3 nitrogen and oxygen atoms in total. The summed E-state index contributed by atoms with van der Waals surface area (Å²) in [5, 5.41) is 7.13. The molecule has 0 spiro atoms. The van der Waals surface area contributed by atoms with Gasteiger partial charge in [0.05, 0.1) is 11.9 Å². The molecule has 0 saturated carbocycles. The van der Waals surface area contributed by atoms with Crippen LogP contribution in [0.2, 0.25) is 0 Å². The Kier molecular flexibility index (Phi) is 6.76. The zero-order valence-corrected chi connectivity index (χ0v) is 14.1. The molecule has 0 fully saturated rings. The van der Waals surface area contributed by atoms with Gasteiger partial charge in [0.2, 0.25) is 5.13 Å². The first-order chi connectivity index (χ1) is 10.3. The summed E-state index contributed by atoms with van der Waals surface area (Å²) in [5.74, 6) is 1.16. The minimum absolute atomic E-state index is 0.830. The largest absolute Gasteiger partial charge is 0.253 e. The third-order valence-corrected chi connectivity index (χ3v) is 4.95. The van der Waals surface area contributed by atoms with Gasteiger partial charge in [-0.05, 0) is 25.2 Å². The van der Waals surface area contributed by atoms with Crippen molar-refractivity contribution in [3.63, 3.8) is 0 Å². The Morgan fingerprint density at radius 3 is 2.95 bits per heavy atom. The smallest absolute Gasteiger partial charge is 0.203 e. The second-order valence-corrected chi connectivity index (χ2v) is 6.75. The van der Waals surface area contributed by atoms with E-state index in [1.54, 1.807) is 11.3 Å². The summed E-state index contributed by atoms with van der Waals surface area (Å²) in [6, 6.07) is 8.38. The van der Waals surface area contributed by atoms with Gasteiger partial charge in [0.15, 0.2) is 0 Å². The lowest BCUT2D eigenvalue weighted by Gasteiger charge is -2.05. The van der Waals surface area contributed by atoms with Gasteiger partial charge in [0.25, 0.3) is 0 Å². The average molecular weight is 319 g/mol. The van der Waals surface area contributed by atoms with Crippen molar-refractivity contribution in [2.24, 2.45) is 5.10 Å². The standard InChI is InChI=1S/C16H21N3S2/c1-3-4-7-10-20-15-9-6-5-8-14(15)11-17-19-16-18-13(2)12-21-16/h5-6,8-9,11-12H,3-4,7,10H2,1-2H3,(H,18,19). The molecule has 0 radical (unpaired) electrons. The monoisotopic (exact) mass is 319 g/mol. The van der Waals surface area contributed by atoms with E-state index in [0.717, 1.165) is 22.1 Å². The molecule has 0 saturated heterocycles. The Morgan fingerprint density at radius 1 is 1.33 bits per heavy atom. The molecule has 0 aliphatic carbocycles. The molecule has 0 bridgehead atoms. The van der Waals surface area contributed by atoms with E-state index in [1.165, 1.54) is 24.2 Å². The predicted octanol–water partition coefficient (Wildman–Crippen LogP) is 5.18. The Bertz CT molecular complexity index is 578. The maximum absolute atomic E-state index is 4.32. The second-order valence-electron chi connectivity index (χ2n) is 4.76. The lowest BCUT2D eigenvalue weighted by molar-refractivity contribution is 0.778. The Morgan fingerprint density at radius 2 is 2.19 bits per heavy atom. The van der Waals surface area contributed by atoms with Crippen LogP contribution in [-0.2, 0) is 0 Å². The number of nitrogens with one attached hydrogen (secondary N) is 1. The molecular formula is C16H21N3S2. The molecular weight excluding hydrogens is 298 g/mol. The number of unbranched alkanes of at least 4 members (excludes halogenated alkanes) is 2. The van der Waals surface area contributed by atoms with E-state index in [2.05, 4.69) is 40.6 Å². The average Bonchev–Trinajstić information content (AvgIpc) is 2.91. The van der Waals surface area contributed by atoms with Crippen molar-refractivity contribution in [1.82, 2.24) is 4.98 Å². The first-order valence-electron chi connectivity index (χ1n) is 7.22. The highest BCUT2D eigenvalue weighted by Gasteiger charge is 2.00. The van der Waals surface area contributed by atoms with Gasteiger partial charge in [-0.3, -0.25) is 5.43 Å². The molecule has 1 aromatic heterocycles. The summed E-state index contributed by atoms with van der Waals surface area (Å²) in [4.78, 5) is 5.61. The molecule has 112 valence electrons. The maximum Gasteiger partial charge on any atom is 0.203 e. The summed E-state index contributed by atoms with van der Waals surface area (Å²) in [6.07, 6.45) is 5.71. The minimum Gasteiger partial charge on any atom is -0.253 e. The number of anilines is 1. The number of hydrazone groups is 1. The van der Waals surface area contributed by atoms with Crippen LogP contribution in [0.5, 0.6) is 0 Å². The molecule has 1 aromatic carbocycles. The zero-order chi connectivity index (χ0) is 14.9. The first kappa shape index (κ1) is 16.0. The fourth-order valence-corrected chi connectivity index (χ4v) is 3.48. The van der Waals surface area contributed by atoms with Crippen molar-refractivity contribution in [3.8, 4) is 0 Å². The predicted molar refractivity (Wildman–Crippen MR) is 94.8 cm³/mol. The van der Waals surface area contributed by atoms with Crippen LogP contribution in [0.25, 0.3) is 0 Å². The summed E-state index contributed by atoms with van der Waals surface area (Å²) >= 11 is 3.47. The van der Waals surface area contributed by atoms with Crippen molar-refractivity contribution < 1.29 is 0 Å². The number of hydrogen-bond donors (Lipinski definition) is 1. The highest BCUT2D eigenvalue weighted by Crippen LogP contribution is 2.23. The minimum atomic E-state index is 0.830. The van der Waals surface area contributed by atoms with Crippen molar-refractivity contribution in [3.05, 3.63) is 40.9 Å². The fourth-order valence-electron chi connectivity index (χ4n) is 1.82. The van der Waals surface area contributed by atoms with E-state index < -0.39 is 0 Å². The van der Waals surface area contributed by atoms with Gasteiger partial charge >= 0.3 is 0 Å². The molecule has 0 amide bonds. The highest BCUT2D eigenvalue weighted by atomic mass is 32.2.